The van der Waals surface area contributed by atoms with E-state index in [4.69, 9.17) is 24.8 Å². The number of allylic oxidation sites excluding steroid dienone is 10. The zero-order valence-electron chi connectivity index (χ0n) is 29.8. The van der Waals surface area contributed by atoms with Crippen molar-refractivity contribution in [3.63, 3.8) is 0 Å². The van der Waals surface area contributed by atoms with E-state index in [1.807, 2.05) is 18.2 Å². The van der Waals surface area contributed by atoms with E-state index in [9.17, 15) is 23.8 Å². The van der Waals surface area contributed by atoms with Gasteiger partial charge in [-0.2, -0.15) is 0 Å². The van der Waals surface area contributed by atoms with E-state index in [0.29, 0.717) is 12.8 Å². The van der Waals surface area contributed by atoms with Crippen molar-refractivity contribution in [2.24, 2.45) is 5.73 Å². The van der Waals surface area contributed by atoms with Gasteiger partial charge in [-0.1, -0.05) is 107 Å². The highest BCUT2D eigenvalue weighted by atomic mass is 31.2. The highest BCUT2D eigenvalue weighted by molar-refractivity contribution is 7.47. The van der Waals surface area contributed by atoms with Gasteiger partial charge < -0.3 is 25.2 Å². The van der Waals surface area contributed by atoms with Crippen molar-refractivity contribution in [2.75, 3.05) is 19.8 Å². The third-order valence-corrected chi connectivity index (χ3v) is 7.96. The maximum absolute atomic E-state index is 12.5. The summed E-state index contributed by atoms with van der Waals surface area (Å²) < 4.78 is 32.4. The molecule has 3 atom stereocenters. The van der Waals surface area contributed by atoms with Crippen LogP contribution in [-0.2, 0) is 37.5 Å². The van der Waals surface area contributed by atoms with Crippen molar-refractivity contribution >= 4 is 25.7 Å². The van der Waals surface area contributed by atoms with Gasteiger partial charge in [0, 0.05) is 12.8 Å². The topological polar surface area (TPSA) is 172 Å². The molecule has 0 heterocycles. The van der Waals surface area contributed by atoms with Crippen LogP contribution in [-0.4, -0.2) is 59.9 Å². The number of esters is 2. The first-order valence-corrected chi connectivity index (χ1v) is 19.3. The van der Waals surface area contributed by atoms with E-state index >= 15 is 0 Å². The SMILES string of the molecule is CC/C=C\C/C=C\C/C=C\C/C=C\CCC(=O)OC(COC(=O)CCCCCCC/C=C\CCCCC)COP(=O)(O)OCC(N)C(=O)O. The maximum Gasteiger partial charge on any atom is 0.472 e. The van der Waals surface area contributed by atoms with Crippen molar-refractivity contribution in [3.05, 3.63) is 60.8 Å². The highest BCUT2D eigenvalue weighted by Gasteiger charge is 2.28. The summed E-state index contributed by atoms with van der Waals surface area (Å²) in [5.41, 5.74) is 5.30. The molecule has 0 aromatic heterocycles. The minimum absolute atomic E-state index is 0.0358. The number of ether oxygens (including phenoxy) is 2. The van der Waals surface area contributed by atoms with Crippen molar-refractivity contribution < 1.29 is 47.5 Å². The summed E-state index contributed by atoms with van der Waals surface area (Å²) in [5.74, 6) is -2.51. The minimum atomic E-state index is -4.73. The first kappa shape index (κ1) is 46.2. The number of hydrogen-bond donors (Lipinski definition) is 3. The molecular weight excluding hydrogens is 649 g/mol. The van der Waals surface area contributed by atoms with Gasteiger partial charge in [0.05, 0.1) is 13.2 Å². The minimum Gasteiger partial charge on any atom is -0.480 e. The van der Waals surface area contributed by atoms with Gasteiger partial charge in [0.1, 0.15) is 12.6 Å². The molecule has 3 unspecified atom stereocenters. The number of nitrogens with two attached hydrogens (primary N) is 1. The van der Waals surface area contributed by atoms with Gasteiger partial charge in [0.25, 0.3) is 0 Å². The Hall–Kier alpha value is -2.82. The first-order chi connectivity index (χ1) is 23.6. The zero-order chi connectivity index (χ0) is 36.4. The molecule has 0 saturated heterocycles. The molecule has 0 aliphatic carbocycles. The number of aliphatic carboxylic acids is 1. The molecule has 0 radical (unpaired) electrons. The first-order valence-electron chi connectivity index (χ1n) is 17.8. The van der Waals surface area contributed by atoms with Gasteiger partial charge in [-0.25, -0.2) is 4.57 Å². The fourth-order valence-corrected chi connectivity index (χ4v) is 4.97. The summed E-state index contributed by atoms with van der Waals surface area (Å²) in [5, 5.41) is 8.84. The number of carboxylic acids is 1. The lowest BCUT2D eigenvalue weighted by molar-refractivity contribution is -0.161. The molecule has 0 fully saturated rings. The van der Waals surface area contributed by atoms with Crippen LogP contribution in [0.25, 0.3) is 0 Å². The van der Waals surface area contributed by atoms with Crippen molar-refractivity contribution in [1.29, 1.82) is 0 Å². The Morgan fingerprint density at radius 3 is 1.80 bits per heavy atom. The summed E-state index contributed by atoms with van der Waals surface area (Å²) in [6.07, 6.45) is 34.6. The number of phosphoric acid groups is 1. The fraction of sp³-hybridized carbons (Fsp3) is 0.649. The molecule has 49 heavy (non-hydrogen) atoms. The summed E-state index contributed by atoms with van der Waals surface area (Å²) in [6.45, 7) is 2.53. The summed E-state index contributed by atoms with van der Waals surface area (Å²) in [4.78, 5) is 45.6. The number of phosphoric ester groups is 1. The molecule has 0 spiro atoms. The number of rotatable bonds is 32. The molecule has 0 aliphatic heterocycles. The summed E-state index contributed by atoms with van der Waals surface area (Å²) in [6, 6.07) is -1.53. The second-order valence-corrected chi connectivity index (χ2v) is 13.1. The Kier molecular flexibility index (Phi) is 30.5. The molecule has 0 aromatic rings. The van der Waals surface area contributed by atoms with Gasteiger partial charge in [0.15, 0.2) is 6.10 Å². The average molecular weight is 712 g/mol. The normalized spacial score (nSPS) is 14.7. The van der Waals surface area contributed by atoms with Crippen LogP contribution in [0.4, 0.5) is 0 Å². The Morgan fingerprint density at radius 2 is 1.18 bits per heavy atom. The van der Waals surface area contributed by atoms with Crippen LogP contribution in [0.1, 0.15) is 123 Å². The summed E-state index contributed by atoms with van der Waals surface area (Å²) in [7, 11) is -4.73. The van der Waals surface area contributed by atoms with Crippen LogP contribution in [0.5, 0.6) is 0 Å². The van der Waals surface area contributed by atoms with Crippen molar-refractivity contribution in [3.8, 4) is 0 Å². The van der Waals surface area contributed by atoms with Gasteiger partial charge in [-0.05, 0) is 64.2 Å². The van der Waals surface area contributed by atoms with Gasteiger partial charge in [0.2, 0.25) is 0 Å². The maximum atomic E-state index is 12.5. The van der Waals surface area contributed by atoms with Gasteiger partial charge >= 0.3 is 25.7 Å². The molecule has 0 rings (SSSR count). The Balaban J connectivity index is 4.63. The standard InChI is InChI=1S/C37H62NO10P/c1-3-5-7-9-11-13-15-17-19-21-23-25-27-29-36(40)48-33(31-46-49(43,44)47-32-34(38)37(41)42)30-45-35(39)28-26-24-22-20-18-16-14-12-10-8-6-4-2/h5,7,11-14,17,19,23,25,33-34H,3-4,6,8-10,15-16,18,20-22,24,26-32,38H2,1-2H3,(H,41,42)(H,43,44)/b7-5-,13-11-,14-12-,19-17-,25-23-. The van der Waals surface area contributed by atoms with E-state index < -0.39 is 51.1 Å². The molecule has 12 heteroatoms. The van der Waals surface area contributed by atoms with E-state index in [0.717, 1.165) is 64.2 Å². The van der Waals surface area contributed by atoms with E-state index in [2.05, 4.69) is 60.9 Å². The molecule has 4 N–H and O–H groups in total. The highest BCUT2D eigenvalue weighted by Crippen LogP contribution is 2.43. The Bertz CT molecular complexity index is 1070. The molecule has 0 aliphatic rings. The van der Waals surface area contributed by atoms with Gasteiger partial charge in [-0.3, -0.25) is 23.4 Å². The molecule has 11 nitrogen and oxygen atoms in total. The molecule has 0 bridgehead atoms. The monoisotopic (exact) mass is 711 g/mol. The second kappa shape index (κ2) is 32.4. The van der Waals surface area contributed by atoms with Crippen LogP contribution in [0.3, 0.4) is 0 Å². The number of unbranched alkanes of at least 4 members (excludes halogenated alkanes) is 8. The number of carboxylic acid groups (broad SMARTS) is 1. The second-order valence-electron chi connectivity index (χ2n) is 11.6. The predicted molar refractivity (Wildman–Crippen MR) is 194 cm³/mol. The number of carbonyl (C=O) groups excluding carboxylic acids is 2. The average Bonchev–Trinajstić information content (AvgIpc) is 3.07. The van der Waals surface area contributed by atoms with Crippen LogP contribution in [0, 0.1) is 0 Å². The molecule has 0 aromatic carbocycles. The largest absolute Gasteiger partial charge is 0.480 e. The quantitative estimate of drug-likeness (QED) is 0.0265. The van der Waals surface area contributed by atoms with Crippen LogP contribution in [0.2, 0.25) is 0 Å². The van der Waals surface area contributed by atoms with E-state index in [-0.39, 0.29) is 19.4 Å². The number of carbonyl (C=O) groups is 3. The smallest absolute Gasteiger partial charge is 0.472 e. The number of hydrogen-bond acceptors (Lipinski definition) is 9. The third kappa shape index (κ3) is 32.2. The van der Waals surface area contributed by atoms with Crippen LogP contribution >= 0.6 is 7.82 Å². The van der Waals surface area contributed by atoms with Crippen LogP contribution < -0.4 is 5.73 Å². The third-order valence-electron chi connectivity index (χ3n) is 7.01. The Morgan fingerprint density at radius 1 is 0.653 bits per heavy atom. The molecule has 0 amide bonds. The predicted octanol–water partition coefficient (Wildman–Crippen LogP) is 8.44. The lowest BCUT2D eigenvalue weighted by atomic mass is 10.1. The fourth-order valence-electron chi connectivity index (χ4n) is 4.19. The van der Waals surface area contributed by atoms with Crippen LogP contribution in [0.15, 0.2) is 60.8 Å². The lowest BCUT2D eigenvalue weighted by Crippen LogP contribution is -2.34. The van der Waals surface area contributed by atoms with E-state index in [1.54, 1.807) is 0 Å². The van der Waals surface area contributed by atoms with Crippen molar-refractivity contribution in [1.82, 2.24) is 0 Å². The molecule has 280 valence electrons. The zero-order valence-corrected chi connectivity index (χ0v) is 30.6. The summed E-state index contributed by atoms with van der Waals surface area (Å²) >= 11 is 0. The van der Waals surface area contributed by atoms with Crippen molar-refractivity contribution in [2.45, 2.75) is 135 Å². The lowest BCUT2D eigenvalue weighted by Gasteiger charge is -2.20. The molecule has 0 saturated carbocycles. The molecular formula is C37H62NO10P. The van der Waals surface area contributed by atoms with Gasteiger partial charge in [-0.15, -0.1) is 0 Å². The Labute approximate surface area is 294 Å². The van der Waals surface area contributed by atoms with E-state index in [1.165, 1.54) is 19.3 Å².